The standard InChI is InChI=1S/C23H25N5O2S/c1-16-6-8-17(9-7-16)28-21(29)12-19(22(28)20-5-3-11-31-20)23(30)26-10-2-4-18(13-26)27-15-24-14-25-27/h3,5-9,11,14-15,18-19,22H,2,4,10,12-13H2,1H3. The summed E-state index contributed by atoms with van der Waals surface area (Å²) in [4.78, 5) is 35.7. The molecule has 0 spiro atoms. The summed E-state index contributed by atoms with van der Waals surface area (Å²) in [6, 6.07) is 11.8. The lowest BCUT2D eigenvalue weighted by Gasteiger charge is -2.35. The number of carbonyl (C=O) groups excluding carboxylic acids is 2. The van der Waals surface area contributed by atoms with Crippen molar-refractivity contribution < 1.29 is 9.59 Å². The SMILES string of the molecule is Cc1ccc(N2C(=O)CC(C(=O)N3CCCC(n4cncn4)C3)C2c2cccs2)cc1. The number of hydrogen-bond acceptors (Lipinski definition) is 5. The van der Waals surface area contributed by atoms with E-state index in [9.17, 15) is 9.59 Å². The van der Waals surface area contributed by atoms with Crippen molar-refractivity contribution in [2.24, 2.45) is 5.92 Å². The number of aryl methyl sites for hydroxylation is 1. The van der Waals surface area contributed by atoms with Gasteiger partial charge >= 0.3 is 0 Å². The molecule has 2 amide bonds. The fourth-order valence-corrected chi connectivity index (χ4v) is 5.64. The van der Waals surface area contributed by atoms with Crippen LogP contribution >= 0.6 is 11.3 Å². The first-order valence-corrected chi connectivity index (χ1v) is 11.5. The van der Waals surface area contributed by atoms with Gasteiger partial charge in [0.2, 0.25) is 11.8 Å². The Kier molecular flexibility index (Phi) is 5.31. The number of nitrogens with zero attached hydrogens (tertiary/aromatic N) is 5. The molecule has 2 aliphatic heterocycles. The van der Waals surface area contributed by atoms with Crippen LogP contribution in [0.4, 0.5) is 5.69 Å². The lowest BCUT2D eigenvalue weighted by Crippen LogP contribution is -2.45. The fourth-order valence-electron chi connectivity index (χ4n) is 4.76. The molecule has 7 nitrogen and oxygen atoms in total. The van der Waals surface area contributed by atoms with E-state index in [1.54, 1.807) is 17.7 Å². The molecule has 3 atom stereocenters. The number of benzene rings is 1. The molecule has 31 heavy (non-hydrogen) atoms. The van der Waals surface area contributed by atoms with E-state index in [-0.39, 0.29) is 36.2 Å². The van der Waals surface area contributed by atoms with Crippen LogP contribution in [0.25, 0.3) is 0 Å². The normalized spacial score (nSPS) is 24.0. The van der Waals surface area contributed by atoms with Crippen LogP contribution in [0, 0.1) is 12.8 Å². The molecule has 0 saturated carbocycles. The molecule has 8 heteroatoms. The molecule has 2 fully saturated rings. The largest absolute Gasteiger partial charge is 0.340 e. The van der Waals surface area contributed by atoms with Gasteiger partial charge in [0.1, 0.15) is 12.7 Å². The van der Waals surface area contributed by atoms with Gasteiger partial charge in [-0.25, -0.2) is 9.67 Å². The number of thiophene rings is 1. The second kappa shape index (κ2) is 8.26. The van der Waals surface area contributed by atoms with Crippen molar-refractivity contribution in [3.05, 3.63) is 64.9 Å². The number of rotatable bonds is 4. The van der Waals surface area contributed by atoms with Crippen molar-refractivity contribution in [3.8, 4) is 0 Å². The minimum absolute atomic E-state index is 0.00504. The van der Waals surface area contributed by atoms with Gasteiger partial charge in [-0.1, -0.05) is 23.8 Å². The topological polar surface area (TPSA) is 71.3 Å². The summed E-state index contributed by atoms with van der Waals surface area (Å²) in [5.74, 6) is -0.321. The molecule has 2 saturated heterocycles. The second-order valence-electron chi connectivity index (χ2n) is 8.33. The maximum absolute atomic E-state index is 13.7. The number of aromatic nitrogens is 3. The Morgan fingerprint density at radius 1 is 1.19 bits per heavy atom. The van der Waals surface area contributed by atoms with E-state index in [1.807, 2.05) is 63.2 Å². The zero-order chi connectivity index (χ0) is 21.4. The summed E-state index contributed by atoms with van der Waals surface area (Å²) in [6.07, 6.45) is 5.37. The molecule has 1 aromatic carbocycles. The fraction of sp³-hybridized carbons (Fsp3) is 0.391. The van der Waals surface area contributed by atoms with Crippen molar-refractivity contribution in [1.82, 2.24) is 19.7 Å². The van der Waals surface area contributed by atoms with E-state index in [0.29, 0.717) is 6.54 Å². The minimum atomic E-state index is -0.387. The summed E-state index contributed by atoms with van der Waals surface area (Å²) in [5.41, 5.74) is 1.99. The van der Waals surface area contributed by atoms with Crippen LogP contribution < -0.4 is 4.90 Å². The maximum atomic E-state index is 13.7. The average molecular weight is 436 g/mol. The highest BCUT2D eigenvalue weighted by molar-refractivity contribution is 7.10. The second-order valence-corrected chi connectivity index (χ2v) is 9.31. The molecular weight excluding hydrogens is 410 g/mol. The van der Waals surface area contributed by atoms with Gasteiger partial charge in [-0.3, -0.25) is 9.59 Å². The zero-order valence-corrected chi connectivity index (χ0v) is 18.2. The average Bonchev–Trinajstić information content (AvgIpc) is 3.55. The van der Waals surface area contributed by atoms with Crippen LogP contribution in [0.15, 0.2) is 54.4 Å². The Bertz CT molecular complexity index is 1050. The molecule has 0 aliphatic carbocycles. The van der Waals surface area contributed by atoms with Crippen LogP contribution in [-0.4, -0.2) is 44.6 Å². The highest BCUT2D eigenvalue weighted by Gasteiger charge is 2.47. The lowest BCUT2D eigenvalue weighted by molar-refractivity contribution is -0.138. The molecule has 0 radical (unpaired) electrons. The highest BCUT2D eigenvalue weighted by atomic mass is 32.1. The molecule has 2 aromatic heterocycles. The van der Waals surface area contributed by atoms with Crippen LogP contribution in [0.2, 0.25) is 0 Å². The third-order valence-corrected chi connectivity index (χ3v) is 7.25. The smallest absolute Gasteiger partial charge is 0.228 e. The van der Waals surface area contributed by atoms with E-state index in [2.05, 4.69) is 10.1 Å². The molecule has 4 heterocycles. The molecular formula is C23H25N5O2S. The van der Waals surface area contributed by atoms with Crippen molar-refractivity contribution >= 4 is 28.8 Å². The van der Waals surface area contributed by atoms with E-state index < -0.39 is 0 Å². The van der Waals surface area contributed by atoms with Gasteiger partial charge in [0.25, 0.3) is 0 Å². The van der Waals surface area contributed by atoms with Gasteiger partial charge in [-0.2, -0.15) is 5.10 Å². The van der Waals surface area contributed by atoms with Gasteiger partial charge in [-0.15, -0.1) is 11.3 Å². The van der Waals surface area contributed by atoms with E-state index in [1.165, 1.54) is 6.33 Å². The molecule has 5 rings (SSSR count). The highest BCUT2D eigenvalue weighted by Crippen LogP contribution is 2.44. The van der Waals surface area contributed by atoms with Gasteiger partial charge in [0.05, 0.1) is 18.0 Å². The minimum Gasteiger partial charge on any atom is -0.340 e. The quantitative estimate of drug-likeness (QED) is 0.628. The Morgan fingerprint density at radius 3 is 2.74 bits per heavy atom. The van der Waals surface area contributed by atoms with Gasteiger partial charge in [0, 0.05) is 30.1 Å². The van der Waals surface area contributed by atoms with Crippen molar-refractivity contribution in [2.75, 3.05) is 18.0 Å². The summed E-state index contributed by atoms with van der Waals surface area (Å²) in [5, 5.41) is 6.27. The molecule has 2 aliphatic rings. The van der Waals surface area contributed by atoms with Crippen LogP contribution in [0.1, 0.15) is 41.8 Å². The monoisotopic (exact) mass is 435 g/mol. The summed E-state index contributed by atoms with van der Waals surface area (Å²) >= 11 is 1.60. The first-order chi connectivity index (χ1) is 15.1. The van der Waals surface area contributed by atoms with Crippen molar-refractivity contribution in [3.63, 3.8) is 0 Å². The summed E-state index contributed by atoms with van der Waals surface area (Å²) < 4.78 is 1.84. The number of carbonyl (C=O) groups is 2. The van der Waals surface area contributed by atoms with Crippen LogP contribution in [-0.2, 0) is 9.59 Å². The first-order valence-electron chi connectivity index (χ1n) is 10.7. The number of likely N-dealkylation sites (tertiary alicyclic amines) is 1. The van der Waals surface area contributed by atoms with Crippen LogP contribution in [0.5, 0.6) is 0 Å². The predicted octanol–water partition coefficient (Wildman–Crippen LogP) is 3.61. The molecule has 160 valence electrons. The van der Waals surface area contributed by atoms with Crippen molar-refractivity contribution in [1.29, 1.82) is 0 Å². The number of amides is 2. The van der Waals surface area contributed by atoms with Crippen LogP contribution in [0.3, 0.4) is 0 Å². The Hall–Kier alpha value is -3.00. The number of piperidine rings is 1. The van der Waals surface area contributed by atoms with Crippen molar-refractivity contribution in [2.45, 2.75) is 38.3 Å². The summed E-state index contributed by atoms with van der Waals surface area (Å²) in [7, 11) is 0. The number of hydrogen-bond donors (Lipinski definition) is 0. The summed E-state index contributed by atoms with van der Waals surface area (Å²) in [6.45, 7) is 3.35. The maximum Gasteiger partial charge on any atom is 0.228 e. The van der Waals surface area contributed by atoms with E-state index in [4.69, 9.17) is 0 Å². The Labute approximate surface area is 185 Å². The van der Waals surface area contributed by atoms with Gasteiger partial charge in [-0.05, 0) is 43.3 Å². The van der Waals surface area contributed by atoms with Gasteiger partial charge < -0.3 is 9.80 Å². The molecule has 3 aromatic rings. The molecule has 3 unspecified atom stereocenters. The van der Waals surface area contributed by atoms with E-state index >= 15 is 0 Å². The first kappa shape index (κ1) is 19.9. The lowest BCUT2D eigenvalue weighted by atomic mass is 9.95. The molecule has 0 bridgehead atoms. The molecule has 0 N–H and O–H groups in total. The predicted molar refractivity (Wildman–Crippen MR) is 119 cm³/mol. The third-order valence-electron chi connectivity index (χ3n) is 6.31. The Morgan fingerprint density at radius 2 is 2.03 bits per heavy atom. The number of anilines is 1. The van der Waals surface area contributed by atoms with E-state index in [0.717, 1.165) is 35.5 Å². The Balaban J connectivity index is 1.44. The van der Waals surface area contributed by atoms with Gasteiger partial charge in [0.15, 0.2) is 0 Å². The third kappa shape index (κ3) is 3.76. The zero-order valence-electron chi connectivity index (χ0n) is 17.4.